The summed E-state index contributed by atoms with van der Waals surface area (Å²) in [6.45, 7) is 4.13. The lowest BCUT2D eigenvalue weighted by Crippen LogP contribution is -2.27. The van der Waals surface area contributed by atoms with E-state index in [1.165, 1.54) is 28.7 Å². The molecule has 0 unspecified atom stereocenters. The molecule has 2 aromatic carbocycles. The zero-order chi connectivity index (χ0) is 18.5. The Morgan fingerprint density at radius 1 is 1.15 bits per heavy atom. The highest BCUT2D eigenvalue weighted by Crippen LogP contribution is 2.29. The van der Waals surface area contributed by atoms with Crippen molar-refractivity contribution in [2.75, 3.05) is 23.0 Å². The standard InChI is InChI=1S/C19H20N4OS2/c1-13-9-10-16(14(2)11-13)20-18-21-22-19(26-18)25-12-17(24)23(3)15-7-5-4-6-8-15/h4-11H,12H2,1-3H3,(H,20,21). The summed E-state index contributed by atoms with van der Waals surface area (Å²) in [5, 5.41) is 12.3. The van der Waals surface area contributed by atoms with Crippen molar-refractivity contribution in [1.82, 2.24) is 10.2 Å². The van der Waals surface area contributed by atoms with Gasteiger partial charge in [0.1, 0.15) is 0 Å². The molecule has 7 heteroatoms. The molecule has 1 heterocycles. The van der Waals surface area contributed by atoms with Crippen molar-refractivity contribution in [1.29, 1.82) is 0 Å². The fourth-order valence-electron chi connectivity index (χ4n) is 2.40. The Bertz CT molecular complexity index is 896. The van der Waals surface area contributed by atoms with Crippen molar-refractivity contribution in [3.05, 3.63) is 59.7 Å². The lowest BCUT2D eigenvalue weighted by Gasteiger charge is -2.16. The SMILES string of the molecule is Cc1ccc(Nc2nnc(SCC(=O)N(C)c3ccccc3)s2)c(C)c1. The van der Waals surface area contributed by atoms with Gasteiger partial charge in [0, 0.05) is 18.4 Å². The first kappa shape index (κ1) is 18.4. The molecule has 3 aromatic rings. The minimum Gasteiger partial charge on any atom is -0.330 e. The number of benzene rings is 2. The maximum Gasteiger partial charge on any atom is 0.237 e. The Balaban J connectivity index is 1.57. The highest BCUT2D eigenvalue weighted by molar-refractivity contribution is 8.01. The van der Waals surface area contributed by atoms with Crippen LogP contribution in [-0.2, 0) is 4.79 Å². The van der Waals surface area contributed by atoms with Gasteiger partial charge in [0.05, 0.1) is 5.75 Å². The average molecular weight is 385 g/mol. The van der Waals surface area contributed by atoms with Crippen LogP contribution < -0.4 is 10.2 Å². The summed E-state index contributed by atoms with van der Waals surface area (Å²) in [7, 11) is 1.78. The first-order valence-electron chi connectivity index (χ1n) is 8.15. The van der Waals surface area contributed by atoms with Crippen LogP contribution >= 0.6 is 23.1 Å². The molecule has 1 amide bonds. The number of carbonyl (C=O) groups is 1. The minimum atomic E-state index is 0.0280. The molecular formula is C19H20N4OS2. The molecule has 5 nitrogen and oxygen atoms in total. The molecule has 0 fully saturated rings. The first-order chi connectivity index (χ1) is 12.5. The average Bonchev–Trinajstić information content (AvgIpc) is 3.09. The number of hydrogen-bond donors (Lipinski definition) is 1. The van der Waals surface area contributed by atoms with Gasteiger partial charge in [-0.1, -0.05) is 59.0 Å². The molecule has 26 heavy (non-hydrogen) atoms. The number of aryl methyl sites for hydroxylation is 2. The lowest BCUT2D eigenvalue weighted by molar-refractivity contribution is -0.115. The van der Waals surface area contributed by atoms with Gasteiger partial charge in [0.2, 0.25) is 11.0 Å². The van der Waals surface area contributed by atoms with Crippen molar-refractivity contribution in [3.63, 3.8) is 0 Å². The number of thioether (sulfide) groups is 1. The Hall–Kier alpha value is -2.38. The number of carbonyl (C=O) groups excluding carboxylic acids is 1. The van der Waals surface area contributed by atoms with Crippen molar-refractivity contribution >= 4 is 45.5 Å². The molecule has 0 atom stereocenters. The Labute approximate surface area is 161 Å². The van der Waals surface area contributed by atoms with Crippen molar-refractivity contribution < 1.29 is 4.79 Å². The monoisotopic (exact) mass is 384 g/mol. The summed E-state index contributed by atoms with van der Waals surface area (Å²) in [5.74, 6) is 0.351. The van der Waals surface area contributed by atoms with Gasteiger partial charge in [-0.2, -0.15) is 0 Å². The van der Waals surface area contributed by atoms with Gasteiger partial charge in [0.25, 0.3) is 0 Å². The molecular weight excluding hydrogens is 364 g/mol. The van der Waals surface area contributed by atoms with Gasteiger partial charge < -0.3 is 10.2 Å². The van der Waals surface area contributed by atoms with E-state index in [-0.39, 0.29) is 5.91 Å². The molecule has 0 aliphatic carbocycles. The van der Waals surface area contributed by atoms with E-state index in [0.717, 1.165) is 26.4 Å². The smallest absolute Gasteiger partial charge is 0.237 e. The van der Waals surface area contributed by atoms with E-state index in [4.69, 9.17) is 0 Å². The number of para-hydroxylation sites is 1. The van der Waals surface area contributed by atoms with Crippen LogP contribution in [-0.4, -0.2) is 28.9 Å². The summed E-state index contributed by atoms with van der Waals surface area (Å²) >= 11 is 2.85. The molecule has 0 spiro atoms. The number of hydrogen-bond acceptors (Lipinski definition) is 6. The topological polar surface area (TPSA) is 58.1 Å². The van der Waals surface area contributed by atoms with E-state index >= 15 is 0 Å². The quantitative estimate of drug-likeness (QED) is 0.627. The van der Waals surface area contributed by atoms with Crippen molar-refractivity contribution in [2.24, 2.45) is 0 Å². The van der Waals surface area contributed by atoms with Gasteiger partial charge in [0.15, 0.2) is 4.34 Å². The van der Waals surface area contributed by atoms with Crippen LogP contribution in [0.25, 0.3) is 0 Å². The molecule has 0 saturated carbocycles. The summed E-state index contributed by atoms with van der Waals surface area (Å²) < 4.78 is 0.770. The van der Waals surface area contributed by atoms with Crippen molar-refractivity contribution in [3.8, 4) is 0 Å². The maximum absolute atomic E-state index is 12.3. The van der Waals surface area contributed by atoms with Crippen LogP contribution in [0.15, 0.2) is 52.9 Å². The van der Waals surface area contributed by atoms with E-state index in [0.29, 0.717) is 5.75 Å². The molecule has 0 aliphatic heterocycles. The Morgan fingerprint density at radius 3 is 2.65 bits per heavy atom. The third-order valence-corrected chi connectivity index (χ3v) is 5.82. The van der Waals surface area contributed by atoms with Crippen molar-refractivity contribution in [2.45, 2.75) is 18.2 Å². The second-order valence-electron chi connectivity index (χ2n) is 5.89. The fraction of sp³-hybridized carbons (Fsp3) is 0.211. The zero-order valence-electron chi connectivity index (χ0n) is 14.9. The molecule has 0 bridgehead atoms. The molecule has 0 radical (unpaired) electrons. The van der Waals surface area contributed by atoms with Crippen LogP contribution in [0.1, 0.15) is 11.1 Å². The lowest BCUT2D eigenvalue weighted by atomic mass is 10.1. The predicted molar refractivity (Wildman–Crippen MR) is 110 cm³/mol. The molecule has 1 aromatic heterocycles. The van der Waals surface area contributed by atoms with E-state index in [1.807, 2.05) is 36.4 Å². The third kappa shape index (κ3) is 4.62. The number of nitrogens with one attached hydrogen (secondary N) is 1. The molecule has 134 valence electrons. The summed E-state index contributed by atoms with van der Waals surface area (Å²) in [6.07, 6.45) is 0. The van der Waals surface area contributed by atoms with Gasteiger partial charge >= 0.3 is 0 Å². The van der Waals surface area contributed by atoms with E-state index < -0.39 is 0 Å². The summed E-state index contributed by atoms with van der Waals surface area (Å²) in [4.78, 5) is 14.0. The summed E-state index contributed by atoms with van der Waals surface area (Å²) in [6, 6.07) is 15.8. The minimum absolute atomic E-state index is 0.0280. The van der Waals surface area contributed by atoms with Crippen LogP contribution in [0.4, 0.5) is 16.5 Å². The number of anilines is 3. The Kier molecular flexibility index (Phi) is 5.90. The number of nitrogens with zero attached hydrogens (tertiary/aromatic N) is 3. The number of amides is 1. The summed E-state index contributed by atoms with van der Waals surface area (Å²) in [5.41, 5.74) is 4.28. The second-order valence-corrected chi connectivity index (χ2v) is 8.09. The van der Waals surface area contributed by atoms with Crippen LogP contribution in [0.2, 0.25) is 0 Å². The van der Waals surface area contributed by atoms with E-state index in [2.05, 4.69) is 41.5 Å². The molecule has 3 rings (SSSR count). The van der Waals surface area contributed by atoms with Crippen LogP contribution in [0, 0.1) is 13.8 Å². The predicted octanol–water partition coefficient (Wildman–Crippen LogP) is 4.65. The first-order valence-corrected chi connectivity index (χ1v) is 9.95. The maximum atomic E-state index is 12.3. The number of rotatable bonds is 6. The molecule has 0 saturated heterocycles. The third-order valence-electron chi connectivity index (χ3n) is 3.87. The van der Waals surface area contributed by atoms with E-state index in [1.54, 1.807) is 11.9 Å². The fourth-order valence-corrected chi connectivity index (χ4v) is 4.08. The van der Waals surface area contributed by atoms with E-state index in [9.17, 15) is 4.79 Å². The van der Waals surface area contributed by atoms with Gasteiger partial charge in [-0.15, -0.1) is 10.2 Å². The van der Waals surface area contributed by atoms with Crippen LogP contribution in [0.5, 0.6) is 0 Å². The van der Waals surface area contributed by atoms with Gasteiger partial charge in [-0.05, 0) is 37.6 Å². The molecule has 0 aliphatic rings. The highest BCUT2D eigenvalue weighted by Gasteiger charge is 2.13. The molecule has 1 N–H and O–H groups in total. The largest absolute Gasteiger partial charge is 0.330 e. The highest BCUT2D eigenvalue weighted by atomic mass is 32.2. The second kappa shape index (κ2) is 8.33. The van der Waals surface area contributed by atoms with Crippen LogP contribution in [0.3, 0.4) is 0 Å². The van der Waals surface area contributed by atoms with Gasteiger partial charge in [-0.25, -0.2) is 0 Å². The normalized spacial score (nSPS) is 10.6. The van der Waals surface area contributed by atoms with Gasteiger partial charge in [-0.3, -0.25) is 4.79 Å². The number of aromatic nitrogens is 2. The Morgan fingerprint density at radius 2 is 1.92 bits per heavy atom. The zero-order valence-corrected chi connectivity index (χ0v) is 16.5.